The van der Waals surface area contributed by atoms with Gasteiger partial charge in [-0.05, 0) is 31.7 Å². The number of aryl methyl sites for hydroxylation is 1. The Morgan fingerprint density at radius 2 is 2.03 bits per heavy atom. The average molecular weight is 463 g/mol. The first-order chi connectivity index (χ1) is 15.0. The number of morpholine rings is 1. The first-order valence-corrected chi connectivity index (χ1v) is 10.7. The maximum Gasteiger partial charge on any atom is 0.163 e. The van der Waals surface area contributed by atoms with Crippen LogP contribution in [-0.2, 0) is 4.74 Å². The molecule has 0 bridgehead atoms. The van der Waals surface area contributed by atoms with Crippen LogP contribution in [0.15, 0.2) is 30.6 Å². The molecule has 2 heterocycles. The summed E-state index contributed by atoms with van der Waals surface area (Å²) in [6.07, 6.45) is 1.50. The van der Waals surface area contributed by atoms with Crippen LogP contribution < -0.4 is 14.8 Å². The summed E-state index contributed by atoms with van der Waals surface area (Å²) in [5.74, 6) is 1.78. The van der Waals surface area contributed by atoms with Gasteiger partial charge in [-0.25, -0.2) is 9.97 Å². The molecule has 7 nitrogen and oxygen atoms in total. The number of halogens is 2. The lowest BCUT2D eigenvalue weighted by atomic mass is 10.2. The third-order valence-corrected chi connectivity index (χ3v) is 6.19. The molecule has 3 aromatic rings. The second-order valence-electron chi connectivity index (χ2n) is 7.49. The Labute approximate surface area is 191 Å². The van der Waals surface area contributed by atoms with Crippen LogP contribution in [0.3, 0.4) is 0 Å². The highest BCUT2D eigenvalue weighted by Crippen LogP contribution is 2.38. The molecule has 0 spiro atoms. The number of benzene rings is 2. The molecule has 1 N–H and O–H groups in total. The van der Waals surface area contributed by atoms with Crippen LogP contribution in [0, 0.1) is 6.92 Å². The molecule has 1 fully saturated rings. The number of nitrogens with zero attached hydrogens (tertiary/aromatic N) is 3. The number of fused-ring (bicyclic) bond motifs is 1. The Morgan fingerprint density at radius 1 is 1.19 bits per heavy atom. The molecule has 4 rings (SSSR count). The fourth-order valence-corrected chi connectivity index (χ4v) is 3.88. The maximum absolute atomic E-state index is 6.41. The van der Waals surface area contributed by atoms with Crippen molar-refractivity contribution in [3.05, 3.63) is 46.2 Å². The maximum atomic E-state index is 6.41. The minimum absolute atomic E-state index is 0.00945. The Kier molecular flexibility index (Phi) is 6.67. The Bertz CT molecular complexity index is 1100. The van der Waals surface area contributed by atoms with Gasteiger partial charge in [-0.2, -0.15) is 0 Å². The van der Waals surface area contributed by atoms with Crippen molar-refractivity contribution >= 4 is 45.6 Å². The second-order valence-corrected chi connectivity index (χ2v) is 8.25. The second kappa shape index (κ2) is 9.44. The van der Waals surface area contributed by atoms with E-state index in [0.29, 0.717) is 51.8 Å². The van der Waals surface area contributed by atoms with Gasteiger partial charge in [-0.15, -0.1) is 0 Å². The molecule has 1 unspecified atom stereocenters. The fourth-order valence-electron chi connectivity index (χ4n) is 3.46. The van der Waals surface area contributed by atoms with Gasteiger partial charge in [0.05, 0.1) is 35.0 Å². The van der Waals surface area contributed by atoms with Crippen LogP contribution in [0.4, 0.5) is 11.5 Å². The third kappa shape index (κ3) is 4.80. The highest BCUT2D eigenvalue weighted by molar-refractivity contribution is 6.44. The molecule has 1 aliphatic rings. The predicted octanol–water partition coefficient (Wildman–Crippen LogP) is 4.71. The van der Waals surface area contributed by atoms with E-state index in [-0.39, 0.29) is 6.10 Å². The number of likely N-dealkylation sites (N-methyl/N-ethyl adjacent to an activating group) is 1. The monoisotopic (exact) mass is 462 g/mol. The summed E-state index contributed by atoms with van der Waals surface area (Å²) in [4.78, 5) is 11.0. The van der Waals surface area contributed by atoms with Crippen molar-refractivity contribution < 1.29 is 14.2 Å². The Hall–Kier alpha value is -2.32. The molecule has 1 aliphatic heterocycles. The number of hydrogen-bond donors (Lipinski definition) is 1. The molecule has 31 heavy (non-hydrogen) atoms. The van der Waals surface area contributed by atoms with Crippen molar-refractivity contribution in [2.24, 2.45) is 0 Å². The SMILES string of the molecule is COc1cc2c(Nc3ccc(C)c(Cl)c3Cl)ncnc2cc1OCC1CN(C)CCO1. The highest BCUT2D eigenvalue weighted by Gasteiger charge is 2.20. The summed E-state index contributed by atoms with van der Waals surface area (Å²) in [5.41, 5.74) is 2.28. The van der Waals surface area contributed by atoms with Crippen molar-refractivity contribution in [2.75, 3.05) is 45.8 Å². The van der Waals surface area contributed by atoms with E-state index in [9.17, 15) is 0 Å². The van der Waals surface area contributed by atoms with E-state index in [1.165, 1.54) is 6.33 Å². The van der Waals surface area contributed by atoms with Gasteiger partial charge in [0.15, 0.2) is 11.5 Å². The van der Waals surface area contributed by atoms with Crippen LogP contribution in [0.5, 0.6) is 11.5 Å². The summed E-state index contributed by atoms with van der Waals surface area (Å²) >= 11 is 12.7. The summed E-state index contributed by atoms with van der Waals surface area (Å²) in [7, 11) is 3.68. The lowest BCUT2D eigenvalue weighted by molar-refractivity contribution is -0.0406. The van der Waals surface area contributed by atoms with E-state index in [2.05, 4.69) is 27.2 Å². The first kappa shape index (κ1) is 21.9. The van der Waals surface area contributed by atoms with Crippen LogP contribution >= 0.6 is 23.2 Å². The van der Waals surface area contributed by atoms with E-state index in [1.54, 1.807) is 7.11 Å². The smallest absolute Gasteiger partial charge is 0.163 e. The molecule has 1 aromatic heterocycles. The summed E-state index contributed by atoms with van der Waals surface area (Å²) in [6, 6.07) is 7.46. The Morgan fingerprint density at radius 3 is 2.81 bits per heavy atom. The van der Waals surface area contributed by atoms with Gasteiger partial charge in [0.2, 0.25) is 0 Å². The quantitative estimate of drug-likeness (QED) is 0.568. The number of methoxy groups -OCH3 is 1. The lowest BCUT2D eigenvalue weighted by Crippen LogP contribution is -2.42. The normalized spacial score (nSPS) is 17.0. The van der Waals surface area contributed by atoms with E-state index in [1.807, 2.05) is 31.2 Å². The van der Waals surface area contributed by atoms with Crippen molar-refractivity contribution in [3.8, 4) is 11.5 Å². The highest BCUT2D eigenvalue weighted by atomic mass is 35.5. The molecule has 0 amide bonds. The zero-order valence-electron chi connectivity index (χ0n) is 17.6. The van der Waals surface area contributed by atoms with E-state index >= 15 is 0 Å². The van der Waals surface area contributed by atoms with Crippen LogP contribution in [0.1, 0.15) is 5.56 Å². The van der Waals surface area contributed by atoms with Gasteiger partial charge in [-0.1, -0.05) is 29.3 Å². The average Bonchev–Trinajstić information content (AvgIpc) is 2.77. The molecule has 0 aliphatic carbocycles. The number of nitrogens with one attached hydrogen (secondary N) is 1. The number of hydrogen-bond acceptors (Lipinski definition) is 7. The zero-order valence-corrected chi connectivity index (χ0v) is 19.1. The number of anilines is 2. The molecular weight excluding hydrogens is 439 g/mol. The van der Waals surface area contributed by atoms with Gasteiger partial charge in [0.25, 0.3) is 0 Å². The minimum atomic E-state index is 0.00945. The number of aromatic nitrogens is 2. The van der Waals surface area contributed by atoms with Gasteiger partial charge < -0.3 is 24.4 Å². The number of ether oxygens (including phenoxy) is 3. The van der Waals surface area contributed by atoms with Crippen LogP contribution in [0.25, 0.3) is 10.9 Å². The molecule has 164 valence electrons. The van der Waals surface area contributed by atoms with Gasteiger partial charge in [0, 0.05) is 24.5 Å². The zero-order chi connectivity index (χ0) is 22.0. The van der Waals surface area contributed by atoms with Gasteiger partial charge >= 0.3 is 0 Å². The Balaban J connectivity index is 1.61. The topological polar surface area (TPSA) is 68.7 Å². The van der Waals surface area contributed by atoms with E-state index < -0.39 is 0 Å². The van der Waals surface area contributed by atoms with E-state index in [4.69, 9.17) is 37.4 Å². The molecule has 0 radical (unpaired) electrons. The van der Waals surface area contributed by atoms with Gasteiger partial charge in [0.1, 0.15) is 24.9 Å². The molecule has 1 saturated heterocycles. The molecule has 0 saturated carbocycles. The standard InChI is InChI=1S/C22H24Cl2N4O3/c1-13-4-5-16(21(24)20(13)23)27-22-15-8-18(29-3)19(9-17(15)25-12-26-22)31-11-14-10-28(2)6-7-30-14/h4-5,8-9,12,14H,6-7,10-11H2,1-3H3,(H,25,26,27). The minimum Gasteiger partial charge on any atom is -0.493 e. The first-order valence-electron chi connectivity index (χ1n) is 9.93. The number of rotatable bonds is 6. The molecular formula is C22H24Cl2N4O3. The largest absolute Gasteiger partial charge is 0.493 e. The summed E-state index contributed by atoms with van der Waals surface area (Å²) in [6.45, 7) is 4.79. The molecule has 2 aromatic carbocycles. The van der Waals surface area contributed by atoms with E-state index in [0.717, 1.165) is 24.0 Å². The molecule has 9 heteroatoms. The van der Waals surface area contributed by atoms with Crippen molar-refractivity contribution in [1.82, 2.24) is 14.9 Å². The van der Waals surface area contributed by atoms with Crippen molar-refractivity contribution in [2.45, 2.75) is 13.0 Å². The summed E-state index contributed by atoms with van der Waals surface area (Å²) in [5, 5.41) is 4.98. The lowest BCUT2D eigenvalue weighted by Gasteiger charge is -2.30. The van der Waals surface area contributed by atoms with Gasteiger partial charge in [-0.3, -0.25) is 0 Å². The van der Waals surface area contributed by atoms with Crippen molar-refractivity contribution in [3.63, 3.8) is 0 Å². The van der Waals surface area contributed by atoms with Crippen molar-refractivity contribution in [1.29, 1.82) is 0 Å². The molecule has 1 atom stereocenters. The summed E-state index contributed by atoms with van der Waals surface area (Å²) < 4.78 is 17.4. The van der Waals surface area contributed by atoms with Crippen LogP contribution in [0.2, 0.25) is 10.0 Å². The predicted molar refractivity (Wildman–Crippen MR) is 123 cm³/mol. The fraction of sp³-hybridized carbons (Fsp3) is 0.364. The third-order valence-electron chi connectivity index (χ3n) is 5.22. The van der Waals surface area contributed by atoms with Crippen LogP contribution in [-0.4, -0.2) is 61.4 Å².